The summed E-state index contributed by atoms with van der Waals surface area (Å²) in [7, 11) is 0. The Bertz CT molecular complexity index is 205. The van der Waals surface area contributed by atoms with Gasteiger partial charge in [0.1, 0.15) is 0 Å². The van der Waals surface area contributed by atoms with Gasteiger partial charge in [-0.2, -0.15) is 0 Å². The quantitative estimate of drug-likeness (QED) is 0.752. The van der Waals surface area contributed by atoms with Crippen molar-refractivity contribution >= 4 is 0 Å². The first kappa shape index (κ1) is 11.4. The third kappa shape index (κ3) is 2.35. The van der Waals surface area contributed by atoms with E-state index < -0.39 is 0 Å². The summed E-state index contributed by atoms with van der Waals surface area (Å²) in [5, 5.41) is 0. The van der Waals surface area contributed by atoms with Gasteiger partial charge in [0.2, 0.25) is 0 Å². The van der Waals surface area contributed by atoms with E-state index in [1.54, 1.807) is 0 Å². The van der Waals surface area contributed by atoms with E-state index >= 15 is 0 Å². The van der Waals surface area contributed by atoms with E-state index in [4.69, 9.17) is 5.73 Å². The van der Waals surface area contributed by atoms with E-state index in [-0.39, 0.29) is 0 Å². The standard InChI is InChI=1S/C12H25N3/c1-10(2)14-7-5-12(9-14)15-6-3-4-11(15)8-13/h10-12H,3-9,13H2,1-2H3. The second-order valence-corrected chi connectivity index (χ2v) is 5.30. The maximum absolute atomic E-state index is 5.83. The molecule has 2 heterocycles. The van der Waals surface area contributed by atoms with Gasteiger partial charge in [0, 0.05) is 37.8 Å². The lowest BCUT2D eigenvalue weighted by Gasteiger charge is -2.30. The molecule has 2 unspecified atom stereocenters. The van der Waals surface area contributed by atoms with Gasteiger partial charge in [-0.05, 0) is 39.7 Å². The molecule has 2 N–H and O–H groups in total. The molecule has 0 saturated carbocycles. The lowest BCUT2D eigenvalue weighted by atomic mass is 10.1. The van der Waals surface area contributed by atoms with Crippen molar-refractivity contribution in [3.8, 4) is 0 Å². The fraction of sp³-hybridized carbons (Fsp3) is 1.00. The minimum absolute atomic E-state index is 0.669. The largest absolute Gasteiger partial charge is 0.329 e. The minimum atomic E-state index is 0.669. The van der Waals surface area contributed by atoms with Crippen molar-refractivity contribution in [3.63, 3.8) is 0 Å². The Morgan fingerprint density at radius 2 is 2.07 bits per heavy atom. The molecule has 3 nitrogen and oxygen atoms in total. The predicted octanol–water partition coefficient (Wildman–Crippen LogP) is 0.892. The summed E-state index contributed by atoms with van der Waals surface area (Å²) in [6, 6.07) is 2.15. The highest BCUT2D eigenvalue weighted by Gasteiger charge is 2.34. The van der Waals surface area contributed by atoms with Crippen LogP contribution in [0.5, 0.6) is 0 Å². The van der Waals surface area contributed by atoms with Gasteiger partial charge in [-0.15, -0.1) is 0 Å². The van der Waals surface area contributed by atoms with Crippen LogP contribution >= 0.6 is 0 Å². The van der Waals surface area contributed by atoms with Crippen LogP contribution in [-0.4, -0.2) is 54.1 Å². The first-order valence-electron chi connectivity index (χ1n) is 6.42. The monoisotopic (exact) mass is 211 g/mol. The molecule has 3 heteroatoms. The predicted molar refractivity (Wildman–Crippen MR) is 63.9 cm³/mol. The molecule has 2 rings (SSSR count). The molecule has 2 fully saturated rings. The molecular formula is C12H25N3. The van der Waals surface area contributed by atoms with Crippen molar-refractivity contribution < 1.29 is 0 Å². The molecule has 0 amide bonds. The van der Waals surface area contributed by atoms with Gasteiger partial charge in [0.25, 0.3) is 0 Å². The zero-order valence-corrected chi connectivity index (χ0v) is 10.2. The van der Waals surface area contributed by atoms with Crippen LogP contribution in [0, 0.1) is 0 Å². The Hall–Kier alpha value is -0.120. The van der Waals surface area contributed by atoms with Crippen molar-refractivity contribution in [2.45, 2.75) is 51.2 Å². The Morgan fingerprint density at radius 3 is 2.67 bits per heavy atom. The SMILES string of the molecule is CC(C)N1CCC(N2CCCC2CN)C1. The van der Waals surface area contributed by atoms with E-state index in [2.05, 4.69) is 23.6 Å². The van der Waals surface area contributed by atoms with E-state index in [1.165, 1.54) is 38.9 Å². The van der Waals surface area contributed by atoms with Crippen molar-refractivity contribution in [1.82, 2.24) is 9.80 Å². The fourth-order valence-corrected chi connectivity index (χ4v) is 3.10. The van der Waals surface area contributed by atoms with Crippen LogP contribution in [0.25, 0.3) is 0 Å². The van der Waals surface area contributed by atoms with E-state index in [0.717, 1.165) is 12.6 Å². The maximum Gasteiger partial charge on any atom is 0.0238 e. The summed E-state index contributed by atoms with van der Waals surface area (Å²) >= 11 is 0. The molecule has 0 aromatic carbocycles. The van der Waals surface area contributed by atoms with Gasteiger partial charge in [0.05, 0.1) is 0 Å². The van der Waals surface area contributed by atoms with Gasteiger partial charge in [-0.1, -0.05) is 0 Å². The first-order chi connectivity index (χ1) is 7.22. The lowest BCUT2D eigenvalue weighted by Crippen LogP contribution is -2.44. The van der Waals surface area contributed by atoms with Gasteiger partial charge in [0.15, 0.2) is 0 Å². The Balaban J connectivity index is 1.89. The Morgan fingerprint density at radius 1 is 1.27 bits per heavy atom. The molecular weight excluding hydrogens is 186 g/mol. The van der Waals surface area contributed by atoms with Crippen molar-refractivity contribution in [2.75, 3.05) is 26.2 Å². The molecule has 0 bridgehead atoms. The molecule has 0 radical (unpaired) electrons. The van der Waals surface area contributed by atoms with Crippen LogP contribution in [0.4, 0.5) is 0 Å². The zero-order valence-electron chi connectivity index (χ0n) is 10.2. The van der Waals surface area contributed by atoms with Gasteiger partial charge in [-0.3, -0.25) is 9.80 Å². The molecule has 88 valence electrons. The van der Waals surface area contributed by atoms with E-state index in [9.17, 15) is 0 Å². The summed E-state index contributed by atoms with van der Waals surface area (Å²) in [5.41, 5.74) is 5.83. The maximum atomic E-state index is 5.83. The van der Waals surface area contributed by atoms with Crippen LogP contribution in [-0.2, 0) is 0 Å². The molecule has 2 aliphatic rings. The van der Waals surface area contributed by atoms with Crippen molar-refractivity contribution in [2.24, 2.45) is 5.73 Å². The van der Waals surface area contributed by atoms with Crippen molar-refractivity contribution in [3.05, 3.63) is 0 Å². The fourth-order valence-electron chi connectivity index (χ4n) is 3.10. The number of hydrogen-bond donors (Lipinski definition) is 1. The van der Waals surface area contributed by atoms with Crippen LogP contribution < -0.4 is 5.73 Å². The second kappa shape index (κ2) is 4.81. The van der Waals surface area contributed by atoms with Crippen LogP contribution in [0.2, 0.25) is 0 Å². The third-order valence-electron chi connectivity index (χ3n) is 4.09. The molecule has 0 aliphatic carbocycles. The zero-order chi connectivity index (χ0) is 10.8. The Kier molecular flexibility index (Phi) is 3.65. The third-order valence-corrected chi connectivity index (χ3v) is 4.09. The number of hydrogen-bond acceptors (Lipinski definition) is 3. The van der Waals surface area contributed by atoms with E-state index in [0.29, 0.717) is 12.1 Å². The summed E-state index contributed by atoms with van der Waals surface area (Å²) in [5.74, 6) is 0. The summed E-state index contributed by atoms with van der Waals surface area (Å²) in [6.45, 7) is 9.25. The molecule has 15 heavy (non-hydrogen) atoms. The van der Waals surface area contributed by atoms with Crippen LogP contribution in [0.3, 0.4) is 0 Å². The van der Waals surface area contributed by atoms with Crippen molar-refractivity contribution in [1.29, 1.82) is 0 Å². The smallest absolute Gasteiger partial charge is 0.0238 e. The lowest BCUT2D eigenvalue weighted by molar-refractivity contribution is 0.172. The molecule has 2 saturated heterocycles. The first-order valence-corrected chi connectivity index (χ1v) is 6.42. The van der Waals surface area contributed by atoms with Gasteiger partial charge < -0.3 is 5.73 Å². The highest BCUT2D eigenvalue weighted by atomic mass is 15.3. The van der Waals surface area contributed by atoms with Gasteiger partial charge >= 0.3 is 0 Å². The van der Waals surface area contributed by atoms with Crippen LogP contribution in [0.1, 0.15) is 33.1 Å². The minimum Gasteiger partial charge on any atom is -0.329 e. The highest BCUT2D eigenvalue weighted by molar-refractivity contribution is 4.91. The summed E-state index contributed by atoms with van der Waals surface area (Å²) < 4.78 is 0. The average Bonchev–Trinajstić information content (AvgIpc) is 2.85. The number of rotatable bonds is 3. The number of nitrogens with two attached hydrogens (primary N) is 1. The van der Waals surface area contributed by atoms with Gasteiger partial charge in [-0.25, -0.2) is 0 Å². The molecule has 0 aromatic heterocycles. The molecule has 0 aromatic rings. The number of nitrogens with zero attached hydrogens (tertiary/aromatic N) is 2. The Labute approximate surface area is 93.6 Å². The van der Waals surface area contributed by atoms with E-state index in [1.807, 2.05) is 0 Å². The normalized spacial score (nSPS) is 34.4. The molecule has 0 spiro atoms. The molecule has 2 aliphatic heterocycles. The second-order valence-electron chi connectivity index (χ2n) is 5.30. The topological polar surface area (TPSA) is 32.5 Å². The summed E-state index contributed by atoms with van der Waals surface area (Å²) in [4.78, 5) is 5.26. The molecule has 2 atom stereocenters. The summed E-state index contributed by atoms with van der Waals surface area (Å²) in [6.07, 6.45) is 4.00. The number of likely N-dealkylation sites (tertiary alicyclic amines) is 2. The van der Waals surface area contributed by atoms with Crippen LogP contribution in [0.15, 0.2) is 0 Å². The average molecular weight is 211 g/mol. The highest BCUT2D eigenvalue weighted by Crippen LogP contribution is 2.25.